The highest BCUT2D eigenvalue weighted by Crippen LogP contribution is 2.07. The molecule has 1 nitrogen and oxygen atoms in total. The fraction of sp³-hybridized carbons (Fsp3) is 0.818. The summed E-state index contributed by atoms with van der Waals surface area (Å²) in [5.41, 5.74) is 1.36. The molecule has 0 spiro atoms. The molecule has 1 unspecified atom stereocenters. The average Bonchev–Trinajstić information content (AvgIpc) is 2.03. The summed E-state index contributed by atoms with van der Waals surface area (Å²) in [6.45, 7) is 11.8. The lowest BCUT2D eigenvalue weighted by Gasteiger charge is -2.24. The zero-order valence-electron chi connectivity index (χ0n) is 9.06. The number of likely N-dealkylation sites (N-methyl/N-ethyl adjacent to an activating group) is 1. The minimum atomic E-state index is 0.679. The largest absolute Gasteiger partial charge is 0.300 e. The van der Waals surface area contributed by atoms with Crippen molar-refractivity contribution in [2.24, 2.45) is 0 Å². The summed E-state index contributed by atoms with van der Waals surface area (Å²) in [6.07, 6.45) is 3.60. The number of hydrogen-bond acceptors (Lipinski definition) is 1. The van der Waals surface area contributed by atoms with Gasteiger partial charge in [0.2, 0.25) is 0 Å². The molecule has 0 aromatic carbocycles. The molecule has 0 heterocycles. The molecule has 0 N–H and O–H groups in total. The lowest BCUT2D eigenvalue weighted by Crippen LogP contribution is -2.30. The van der Waals surface area contributed by atoms with Gasteiger partial charge in [-0.1, -0.05) is 32.4 Å². The Morgan fingerprint density at radius 3 is 2.42 bits per heavy atom. The summed E-state index contributed by atoms with van der Waals surface area (Å²) < 4.78 is 0. The molecule has 0 amide bonds. The van der Waals surface area contributed by atoms with Gasteiger partial charge in [0.05, 0.1) is 0 Å². The maximum absolute atomic E-state index is 4.06. The first-order chi connectivity index (χ1) is 5.61. The van der Waals surface area contributed by atoms with Crippen molar-refractivity contribution in [2.45, 2.75) is 46.1 Å². The van der Waals surface area contributed by atoms with Crippen molar-refractivity contribution in [1.82, 2.24) is 4.90 Å². The van der Waals surface area contributed by atoms with Crippen LogP contribution in [0, 0.1) is 0 Å². The quantitative estimate of drug-likeness (QED) is 0.552. The van der Waals surface area contributed by atoms with Crippen LogP contribution in [0.25, 0.3) is 0 Å². The van der Waals surface area contributed by atoms with Gasteiger partial charge in [-0.25, -0.2) is 0 Å². The average molecular weight is 169 g/mol. The first-order valence-corrected chi connectivity index (χ1v) is 4.98. The van der Waals surface area contributed by atoms with Crippen LogP contribution in [0.2, 0.25) is 0 Å². The van der Waals surface area contributed by atoms with Crippen LogP contribution in [0.3, 0.4) is 0 Å². The van der Waals surface area contributed by atoms with Crippen molar-refractivity contribution in [3.8, 4) is 0 Å². The van der Waals surface area contributed by atoms with Crippen molar-refractivity contribution in [3.05, 3.63) is 12.2 Å². The lowest BCUT2D eigenvalue weighted by atomic mass is 10.1. The van der Waals surface area contributed by atoms with Crippen molar-refractivity contribution in [3.63, 3.8) is 0 Å². The maximum atomic E-state index is 4.06. The summed E-state index contributed by atoms with van der Waals surface area (Å²) in [4.78, 5) is 2.37. The smallest absolute Gasteiger partial charge is 0.0189 e. The molecular weight excluding hydrogens is 146 g/mol. The van der Waals surface area contributed by atoms with Gasteiger partial charge < -0.3 is 0 Å². The Labute approximate surface area is 77.5 Å². The second-order valence-electron chi connectivity index (χ2n) is 3.67. The maximum Gasteiger partial charge on any atom is 0.0189 e. The van der Waals surface area contributed by atoms with E-state index in [9.17, 15) is 0 Å². The Kier molecular flexibility index (Phi) is 6.09. The SMILES string of the molecule is C=C(CCC)CN(C)C(C)CC. The zero-order chi connectivity index (χ0) is 9.56. The fourth-order valence-electron chi connectivity index (χ4n) is 1.25. The predicted octanol–water partition coefficient (Wildman–Crippen LogP) is 3.07. The van der Waals surface area contributed by atoms with E-state index in [1.54, 1.807) is 0 Å². The molecule has 1 atom stereocenters. The van der Waals surface area contributed by atoms with Crippen LogP contribution in [0.5, 0.6) is 0 Å². The second-order valence-corrected chi connectivity index (χ2v) is 3.67. The molecule has 0 rings (SSSR count). The van der Waals surface area contributed by atoms with E-state index in [1.807, 2.05) is 0 Å². The molecule has 0 aromatic rings. The Hall–Kier alpha value is -0.300. The van der Waals surface area contributed by atoms with Crippen molar-refractivity contribution < 1.29 is 0 Å². The molecule has 0 aromatic heterocycles. The van der Waals surface area contributed by atoms with Crippen LogP contribution in [-0.4, -0.2) is 24.5 Å². The van der Waals surface area contributed by atoms with Crippen LogP contribution in [-0.2, 0) is 0 Å². The van der Waals surface area contributed by atoms with E-state index in [4.69, 9.17) is 0 Å². The molecule has 0 saturated heterocycles. The first kappa shape index (κ1) is 11.7. The lowest BCUT2D eigenvalue weighted by molar-refractivity contribution is 0.270. The highest BCUT2D eigenvalue weighted by atomic mass is 15.1. The third-order valence-electron chi connectivity index (χ3n) is 2.42. The normalized spacial score (nSPS) is 13.4. The van der Waals surface area contributed by atoms with E-state index >= 15 is 0 Å². The third kappa shape index (κ3) is 4.55. The van der Waals surface area contributed by atoms with E-state index in [0.717, 1.165) is 6.54 Å². The topological polar surface area (TPSA) is 3.24 Å². The summed E-state index contributed by atoms with van der Waals surface area (Å²) in [7, 11) is 2.18. The van der Waals surface area contributed by atoms with Gasteiger partial charge >= 0.3 is 0 Å². The van der Waals surface area contributed by atoms with Gasteiger partial charge in [0.15, 0.2) is 0 Å². The Morgan fingerprint density at radius 2 is 2.00 bits per heavy atom. The molecule has 12 heavy (non-hydrogen) atoms. The van der Waals surface area contributed by atoms with Crippen molar-refractivity contribution >= 4 is 0 Å². The third-order valence-corrected chi connectivity index (χ3v) is 2.42. The fourth-order valence-corrected chi connectivity index (χ4v) is 1.25. The Bertz CT molecular complexity index is 129. The van der Waals surface area contributed by atoms with Gasteiger partial charge in [0.25, 0.3) is 0 Å². The summed E-state index contributed by atoms with van der Waals surface area (Å²) >= 11 is 0. The van der Waals surface area contributed by atoms with Crippen molar-refractivity contribution in [2.75, 3.05) is 13.6 Å². The highest BCUT2D eigenvalue weighted by molar-refractivity contribution is 4.96. The highest BCUT2D eigenvalue weighted by Gasteiger charge is 2.06. The number of hydrogen-bond donors (Lipinski definition) is 0. The molecule has 1 heteroatoms. The number of nitrogens with zero attached hydrogens (tertiary/aromatic N) is 1. The minimum absolute atomic E-state index is 0.679. The van der Waals surface area contributed by atoms with Crippen LogP contribution >= 0.6 is 0 Å². The van der Waals surface area contributed by atoms with E-state index in [0.29, 0.717) is 6.04 Å². The molecule has 0 aliphatic heterocycles. The van der Waals surface area contributed by atoms with Crippen LogP contribution in [0.1, 0.15) is 40.0 Å². The first-order valence-electron chi connectivity index (χ1n) is 4.98. The molecule has 0 aliphatic carbocycles. The molecule has 0 aliphatic rings. The van der Waals surface area contributed by atoms with Gasteiger partial charge in [-0.2, -0.15) is 0 Å². The van der Waals surface area contributed by atoms with E-state index < -0.39 is 0 Å². The van der Waals surface area contributed by atoms with Gasteiger partial charge in [0, 0.05) is 12.6 Å². The van der Waals surface area contributed by atoms with Gasteiger partial charge in [-0.05, 0) is 26.8 Å². The molecule has 0 bridgehead atoms. The molecule has 72 valence electrons. The molecule has 0 fully saturated rings. The standard InChI is InChI=1S/C11H23N/c1-6-8-10(3)9-12(5)11(4)7-2/h11H,3,6-9H2,1-2,4-5H3. The molecular formula is C11H23N. The zero-order valence-corrected chi connectivity index (χ0v) is 9.06. The van der Waals surface area contributed by atoms with Crippen LogP contribution in [0.15, 0.2) is 12.2 Å². The Morgan fingerprint density at radius 1 is 1.42 bits per heavy atom. The van der Waals surface area contributed by atoms with Gasteiger partial charge in [-0.15, -0.1) is 0 Å². The van der Waals surface area contributed by atoms with Crippen LogP contribution in [0.4, 0.5) is 0 Å². The minimum Gasteiger partial charge on any atom is -0.300 e. The van der Waals surface area contributed by atoms with E-state index in [2.05, 4.69) is 39.3 Å². The molecule has 0 saturated carbocycles. The van der Waals surface area contributed by atoms with Gasteiger partial charge in [-0.3, -0.25) is 4.90 Å². The monoisotopic (exact) mass is 169 g/mol. The summed E-state index contributed by atoms with van der Waals surface area (Å²) in [5, 5.41) is 0. The number of rotatable bonds is 6. The van der Waals surface area contributed by atoms with Gasteiger partial charge in [0.1, 0.15) is 0 Å². The Balaban J connectivity index is 3.67. The molecule has 0 radical (unpaired) electrons. The van der Waals surface area contributed by atoms with Crippen molar-refractivity contribution in [1.29, 1.82) is 0 Å². The summed E-state index contributed by atoms with van der Waals surface area (Å²) in [6, 6.07) is 0.679. The van der Waals surface area contributed by atoms with E-state index in [-0.39, 0.29) is 0 Å². The summed E-state index contributed by atoms with van der Waals surface area (Å²) in [5.74, 6) is 0. The van der Waals surface area contributed by atoms with E-state index in [1.165, 1.54) is 24.8 Å². The van der Waals surface area contributed by atoms with Crippen LogP contribution < -0.4 is 0 Å². The predicted molar refractivity (Wildman–Crippen MR) is 56.4 cm³/mol. The second kappa shape index (κ2) is 6.24.